The summed E-state index contributed by atoms with van der Waals surface area (Å²) in [6, 6.07) is 16.5. The summed E-state index contributed by atoms with van der Waals surface area (Å²) in [5.41, 5.74) is 5.61. The lowest BCUT2D eigenvalue weighted by atomic mass is 10.0. The van der Waals surface area contributed by atoms with E-state index < -0.39 is 17.9 Å². The molecule has 1 aromatic heterocycles. The minimum atomic E-state index is -1.02. The molecule has 1 aliphatic carbocycles. The molecule has 0 atom stereocenters. The topological polar surface area (TPSA) is 80.9 Å². The third kappa shape index (κ3) is 2.67. The molecule has 0 bridgehead atoms. The van der Waals surface area contributed by atoms with Crippen molar-refractivity contribution in [1.82, 2.24) is 4.73 Å². The molecule has 25 heavy (non-hydrogen) atoms. The van der Waals surface area contributed by atoms with Crippen molar-refractivity contribution in [3.05, 3.63) is 71.3 Å². The molecule has 2 aromatic carbocycles. The maximum absolute atomic E-state index is 11.8. The van der Waals surface area contributed by atoms with Gasteiger partial charge in [-0.15, -0.1) is 4.73 Å². The second-order valence-electron chi connectivity index (χ2n) is 5.75. The number of ether oxygens (including phenoxy) is 1. The molecule has 0 fully saturated rings. The number of aromatic hydroxyl groups is 2. The zero-order chi connectivity index (χ0) is 17.4. The molecule has 0 unspecified atom stereocenters. The lowest BCUT2D eigenvalue weighted by Gasteiger charge is -2.10. The molecule has 0 radical (unpaired) electrons. The number of aromatic nitrogens is 1. The van der Waals surface area contributed by atoms with Crippen LogP contribution in [0.15, 0.2) is 54.6 Å². The van der Waals surface area contributed by atoms with Gasteiger partial charge in [0.2, 0.25) is 11.8 Å². The van der Waals surface area contributed by atoms with Crippen LogP contribution in [0.2, 0.25) is 0 Å². The fourth-order valence-corrected chi connectivity index (χ4v) is 3.09. The summed E-state index contributed by atoms with van der Waals surface area (Å²) in [4.78, 5) is 16.6. The first kappa shape index (κ1) is 15.1. The Labute approximate surface area is 143 Å². The van der Waals surface area contributed by atoms with Gasteiger partial charge in [0.25, 0.3) is 0 Å². The fraction of sp³-hybridized carbons (Fsp3) is 0.105. The summed E-state index contributed by atoms with van der Waals surface area (Å²) in [5.74, 6) is -0.795. The predicted molar refractivity (Wildman–Crippen MR) is 89.2 cm³/mol. The number of nitrogens with zero attached hydrogens (tertiary/aromatic N) is 1. The molecular formula is C19H15NO5. The molecule has 6 nitrogen and oxygen atoms in total. The van der Waals surface area contributed by atoms with E-state index in [1.165, 1.54) is 23.3 Å². The molecule has 3 aromatic rings. The first-order valence-electron chi connectivity index (χ1n) is 7.77. The summed E-state index contributed by atoms with van der Waals surface area (Å²) < 4.78 is 5.72. The number of carbonyl (C=O) groups excluding carboxylic acids is 1. The summed E-state index contributed by atoms with van der Waals surface area (Å²) >= 11 is 0. The van der Waals surface area contributed by atoms with Gasteiger partial charge >= 0.3 is 6.16 Å². The van der Waals surface area contributed by atoms with Crippen molar-refractivity contribution >= 4 is 6.16 Å². The average Bonchev–Trinajstić information content (AvgIpc) is 3.15. The van der Waals surface area contributed by atoms with Gasteiger partial charge in [0.05, 0.1) is 0 Å². The molecule has 0 amide bonds. The Morgan fingerprint density at radius 1 is 0.960 bits per heavy atom. The molecule has 1 heterocycles. The van der Waals surface area contributed by atoms with Gasteiger partial charge < -0.3 is 14.9 Å². The molecule has 0 spiro atoms. The number of rotatable bonds is 3. The molecule has 126 valence electrons. The first-order valence-corrected chi connectivity index (χ1v) is 7.77. The summed E-state index contributed by atoms with van der Waals surface area (Å²) in [6.07, 6.45) is -0.228. The highest BCUT2D eigenvalue weighted by Crippen LogP contribution is 2.38. The van der Waals surface area contributed by atoms with Crippen LogP contribution in [-0.2, 0) is 17.8 Å². The smallest absolute Gasteiger partial charge is 0.492 e. The Kier molecular flexibility index (Phi) is 3.57. The van der Waals surface area contributed by atoms with Gasteiger partial charge in [-0.1, -0.05) is 42.5 Å². The number of fused-ring (bicyclic) bond motifs is 3. The van der Waals surface area contributed by atoms with Crippen LogP contribution in [0.25, 0.3) is 11.1 Å². The van der Waals surface area contributed by atoms with E-state index in [4.69, 9.17) is 9.57 Å². The molecule has 0 saturated carbocycles. The quantitative estimate of drug-likeness (QED) is 0.561. The Bertz CT molecular complexity index is 941. The molecule has 0 saturated heterocycles. The van der Waals surface area contributed by atoms with Crippen molar-refractivity contribution in [2.75, 3.05) is 0 Å². The van der Waals surface area contributed by atoms with Crippen LogP contribution in [0.4, 0.5) is 4.79 Å². The summed E-state index contributed by atoms with van der Waals surface area (Å²) in [6.45, 7) is 0.0405. The largest absolute Gasteiger partial charge is 0.534 e. The molecule has 0 aliphatic heterocycles. The van der Waals surface area contributed by atoms with Gasteiger partial charge in [-0.25, -0.2) is 4.79 Å². The Hall–Kier alpha value is -3.41. The van der Waals surface area contributed by atoms with Crippen molar-refractivity contribution < 1.29 is 24.6 Å². The second-order valence-corrected chi connectivity index (χ2v) is 5.75. The van der Waals surface area contributed by atoms with Gasteiger partial charge in [0.1, 0.15) is 6.61 Å². The summed E-state index contributed by atoms with van der Waals surface area (Å²) in [7, 11) is 0. The predicted octanol–water partition coefficient (Wildman–Crippen LogP) is 3.24. The normalized spacial score (nSPS) is 11.7. The van der Waals surface area contributed by atoms with E-state index in [-0.39, 0.29) is 6.61 Å². The highest BCUT2D eigenvalue weighted by atomic mass is 16.8. The van der Waals surface area contributed by atoms with Crippen molar-refractivity contribution in [3.8, 4) is 22.9 Å². The molecule has 6 heteroatoms. The highest BCUT2D eigenvalue weighted by molar-refractivity contribution is 5.77. The van der Waals surface area contributed by atoms with E-state index in [0.29, 0.717) is 4.73 Å². The van der Waals surface area contributed by atoms with Gasteiger partial charge in [0, 0.05) is 12.1 Å². The monoisotopic (exact) mass is 337 g/mol. The Balaban J connectivity index is 1.49. The second kappa shape index (κ2) is 5.90. The van der Waals surface area contributed by atoms with Gasteiger partial charge in [-0.2, -0.15) is 0 Å². The van der Waals surface area contributed by atoms with Gasteiger partial charge in [0.15, 0.2) is 0 Å². The highest BCUT2D eigenvalue weighted by Gasteiger charge is 2.21. The lowest BCUT2D eigenvalue weighted by molar-refractivity contribution is 0.0310. The minimum absolute atomic E-state index is 0.0405. The lowest BCUT2D eigenvalue weighted by Crippen LogP contribution is -2.20. The first-order chi connectivity index (χ1) is 12.1. The maximum Gasteiger partial charge on any atom is 0.534 e. The van der Waals surface area contributed by atoms with E-state index in [0.717, 1.165) is 23.1 Å². The minimum Gasteiger partial charge on any atom is -0.492 e. The zero-order valence-corrected chi connectivity index (χ0v) is 13.2. The van der Waals surface area contributed by atoms with Gasteiger partial charge in [-0.3, -0.25) is 4.84 Å². The maximum atomic E-state index is 11.8. The zero-order valence-electron chi connectivity index (χ0n) is 13.2. The van der Waals surface area contributed by atoms with E-state index in [9.17, 15) is 15.0 Å². The number of benzene rings is 2. The third-order valence-electron chi connectivity index (χ3n) is 4.26. The molecular weight excluding hydrogens is 322 g/mol. The fourth-order valence-electron chi connectivity index (χ4n) is 3.09. The van der Waals surface area contributed by atoms with Crippen LogP contribution in [0.1, 0.15) is 16.7 Å². The number of carbonyl (C=O) groups is 1. The standard InChI is InChI=1S/C19H15NO5/c21-17-8-9-18(22)20(17)25-19(23)24-11-13-5-3-7-15-14-6-2-1-4-12(14)10-16(13)15/h1-9,21-22H,10-11H2. The average molecular weight is 337 g/mol. The van der Waals surface area contributed by atoms with Crippen LogP contribution in [0.3, 0.4) is 0 Å². The van der Waals surface area contributed by atoms with E-state index in [2.05, 4.69) is 18.2 Å². The van der Waals surface area contributed by atoms with Crippen LogP contribution in [0.5, 0.6) is 11.8 Å². The van der Waals surface area contributed by atoms with Gasteiger partial charge in [-0.05, 0) is 34.2 Å². The van der Waals surface area contributed by atoms with E-state index in [1.54, 1.807) is 0 Å². The molecule has 2 N–H and O–H groups in total. The number of hydrogen-bond acceptors (Lipinski definition) is 5. The Morgan fingerprint density at radius 3 is 2.48 bits per heavy atom. The SMILES string of the molecule is O=C(OCc1cccc2c1Cc1ccccc1-2)On1c(O)ccc1O. The summed E-state index contributed by atoms with van der Waals surface area (Å²) in [5, 5.41) is 18.9. The Morgan fingerprint density at radius 2 is 1.68 bits per heavy atom. The van der Waals surface area contributed by atoms with Crippen LogP contribution >= 0.6 is 0 Å². The molecule has 1 aliphatic rings. The van der Waals surface area contributed by atoms with Crippen molar-refractivity contribution in [3.63, 3.8) is 0 Å². The van der Waals surface area contributed by atoms with Crippen LogP contribution in [-0.4, -0.2) is 21.1 Å². The van der Waals surface area contributed by atoms with Crippen LogP contribution in [0, 0.1) is 0 Å². The van der Waals surface area contributed by atoms with Crippen LogP contribution < -0.4 is 4.84 Å². The van der Waals surface area contributed by atoms with Crippen molar-refractivity contribution in [1.29, 1.82) is 0 Å². The van der Waals surface area contributed by atoms with E-state index >= 15 is 0 Å². The number of hydrogen-bond donors (Lipinski definition) is 2. The third-order valence-corrected chi connectivity index (χ3v) is 4.26. The molecule has 4 rings (SSSR count). The van der Waals surface area contributed by atoms with E-state index in [1.807, 2.05) is 24.3 Å². The van der Waals surface area contributed by atoms with Crippen molar-refractivity contribution in [2.45, 2.75) is 13.0 Å². The van der Waals surface area contributed by atoms with Crippen molar-refractivity contribution in [2.24, 2.45) is 0 Å².